The molecular weight excluding hydrogens is 210 g/mol. The van der Waals surface area contributed by atoms with E-state index in [0.717, 1.165) is 32.3 Å². The number of ether oxygens (including phenoxy) is 1. The molecule has 2 rings (SSSR count). The highest BCUT2D eigenvalue weighted by Gasteiger charge is 2.36. The SMILES string of the molecule is N#CC1(CCCOCc2ccccc2)CCC1. The summed E-state index contributed by atoms with van der Waals surface area (Å²) in [6.07, 6.45) is 5.39. The quantitative estimate of drug-likeness (QED) is 0.697. The van der Waals surface area contributed by atoms with Gasteiger partial charge in [-0.25, -0.2) is 0 Å². The zero-order chi connectivity index (χ0) is 12.0. The van der Waals surface area contributed by atoms with Crippen molar-refractivity contribution in [3.05, 3.63) is 35.9 Å². The molecule has 2 nitrogen and oxygen atoms in total. The Morgan fingerprint density at radius 3 is 2.59 bits per heavy atom. The summed E-state index contributed by atoms with van der Waals surface area (Å²) in [6.45, 7) is 1.44. The van der Waals surface area contributed by atoms with Gasteiger partial charge in [0.25, 0.3) is 0 Å². The minimum atomic E-state index is -0.00386. The first-order valence-electron chi connectivity index (χ1n) is 6.38. The highest BCUT2D eigenvalue weighted by atomic mass is 16.5. The molecule has 1 aromatic rings. The molecule has 1 aliphatic rings. The van der Waals surface area contributed by atoms with E-state index in [2.05, 4.69) is 18.2 Å². The third-order valence-corrected chi connectivity index (χ3v) is 3.60. The number of rotatable bonds is 6. The van der Waals surface area contributed by atoms with Gasteiger partial charge >= 0.3 is 0 Å². The maximum Gasteiger partial charge on any atom is 0.0716 e. The van der Waals surface area contributed by atoms with Crippen molar-refractivity contribution in [2.45, 2.75) is 38.7 Å². The number of hydrogen-bond donors (Lipinski definition) is 0. The molecule has 1 aromatic carbocycles. The van der Waals surface area contributed by atoms with Gasteiger partial charge < -0.3 is 4.74 Å². The van der Waals surface area contributed by atoms with Gasteiger partial charge in [0.1, 0.15) is 0 Å². The van der Waals surface area contributed by atoms with Crippen LogP contribution < -0.4 is 0 Å². The monoisotopic (exact) mass is 229 g/mol. The lowest BCUT2D eigenvalue weighted by Gasteiger charge is -2.35. The Kier molecular flexibility index (Phi) is 4.17. The van der Waals surface area contributed by atoms with Gasteiger partial charge in [0.2, 0.25) is 0 Å². The van der Waals surface area contributed by atoms with Crippen LogP contribution in [0.15, 0.2) is 30.3 Å². The molecule has 0 saturated heterocycles. The fourth-order valence-electron chi connectivity index (χ4n) is 2.30. The standard InChI is InChI=1S/C15H19NO/c16-13-15(8-4-9-15)10-5-11-17-12-14-6-2-1-3-7-14/h1-3,6-7H,4-5,8-12H2. The second-order valence-corrected chi connectivity index (χ2v) is 4.89. The van der Waals surface area contributed by atoms with Gasteiger partial charge in [0, 0.05) is 6.61 Å². The summed E-state index contributed by atoms with van der Waals surface area (Å²) in [5.74, 6) is 0. The third kappa shape index (κ3) is 3.31. The van der Waals surface area contributed by atoms with Crippen molar-refractivity contribution >= 4 is 0 Å². The summed E-state index contributed by atoms with van der Waals surface area (Å²) in [5.41, 5.74) is 1.21. The Morgan fingerprint density at radius 1 is 1.24 bits per heavy atom. The average molecular weight is 229 g/mol. The van der Waals surface area contributed by atoms with E-state index < -0.39 is 0 Å². The Hall–Kier alpha value is -1.33. The van der Waals surface area contributed by atoms with Crippen LogP contribution in [-0.2, 0) is 11.3 Å². The topological polar surface area (TPSA) is 33.0 Å². The van der Waals surface area contributed by atoms with Crippen molar-refractivity contribution in [3.63, 3.8) is 0 Å². The van der Waals surface area contributed by atoms with E-state index in [1.54, 1.807) is 0 Å². The summed E-state index contributed by atoms with van der Waals surface area (Å²) in [4.78, 5) is 0. The second-order valence-electron chi connectivity index (χ2n) is 4.89. The third-order valence-electron chi connectivity index (χ3n) is 3.60. The Balaban J connectivity index is 1.60. The molecule has 0 spiro atoms. The number of nitrogens with zero attached hydrogens (tertiary/aromatic N) is 1. The molecule has 0 atom stereocenters. The summed E-state index contributed by atoms with van der Waals surface area (Å²) < 4.78 is 5.62. The van der Waals surface area contributed by atoms with Crippen molar-refractivity contribution in [1.29, 1.82) is 5.26 Å². The molecule has 0 bridgehead atoms. The van der Waals surface area contributed by atoms with E-state index in [1.807, 2.05) is 18.2 Å². The molecule has 0 radical (unpaired) electrons. The van der Waals surface area contributed by atoms with Crippen molar-refractivity contribution in [2.75, 3.05) is 6.61 Å². The van der Waals surface area contributed by atoms with Crippen LogP contribution in [0.25, 0.3) is 0 Å². The van der Waals surface area contributed by atoms with E-state index in [1.165, 1.54) is 12.0 Å². The molecule has 0 amide bonds. The zero-order valence-corrected chi connectivity index (χ0v) is 10.2. The predicted octanol–water partition coefficient (Wildman–Crippen LogP) is 3.68. The van der Waals surface area contributed by atoms with Crippen LogP contribution in [-0.4, -0.2) is 6.61 Å². The normalized spacial score (nSPS) is 17.1. The number of hydrogen-bond acceptors (Lipinski definition) is 2. The highest BCUT2D eigenvalue weighted by molar-refractivity contribution is 5.13. The van der Waals surface area contributed by atoms with Crippen LogP contribution >= 0.6 is 0 Å². The Bertz CT molecular complexity index is 376. The molecule has 0 aromatic heterocycles. The van der Waals surface area contributed by atoms with Crippen LogP contribution in [0.4, 0.5) is 0 Å². The zero-order valence-electron chi connectivity index (χ0n) is 10.2. The largest absolute Gasteiger partial charge is 0.377 e. The summed E-state index contributed by atoms with van der Waals surface area (Å²) in [7, 11) is 0. The van der Waals surface area contributed by atoms with Crippen LogP contribution in [0.5, 0.6) is 0 Å². The van der Waals surface area contributed by atoms with Gasteiger partial charge in [-0.15, -0.1) is 0 Å². The van der Waals surface area contributed by atoms with Gasteiger partial charge in [-0.1, -0.05) is 36.8 Å². The number of benzene rings is 1. The molecule has 0 heterocycles. The molecule has 1 aliphatic carbocycles. The first-order chi connectivity index (χ1) is 8.35. The summed E-state index contributed by atoms with van der Waals surface area (Å²) >= 11 is 0. The average Bonchev–Trinajstić information content (AvgIpc) is 2.33. The fraction of sp³-hybridized carbons (Fsp3) is 0.533. The first-order valence-corrected chi connectivity index (χ1v) is 6.38. The lowest BCUT2D eigenvalue weighted by Crippen LogP contribution is -2.27. The van der Waals surface area contributed by atoms with Crippen molar-refractivity contribution in [1.82, 2.24) is 0 Å². The predicted molar refractivity (Wildman–Crippen MR) is 67.2 cm³/mol. The van der Waals surface area contributed by atoms with E-state index in [9.17, 15) is 0 Å². The van der Waals surface area contributed by atoms with Crippen molar-refractivity contribution < 1.29 is 4.74 Å². The molecule has 2 heteroatoms. The molecule has 1 saturated carbocycles. The molecule has 1 fully saturated rings. The van der Waals surface area contributed by atoms with Crippen LogP contribution in [0.3, 0.4) is 0 Å². The lowest BCUT2D eigenvalue weighted by molar-refractivity contribution is 0.0984. The van der Waals surface area contributed by atoms with Gasteiger partial charge in [0.15, 0.2) is 0 Å². The van der Waals surface area contributed by atoms with Crippen LogP contribution in [0, 0.1) is 16.7 Å². The molecule has 0 N–H and O–H groups in total. The van der Waals surface area contributed by atoms with Crippen LogP contribution in [0.2, 0.25) is 0 Å². The Morgan fingerprint density at radius 2 is 2.00 bits per heavy atom. The molecular formula is C15H19NO. The molecule has 17 heavy (non-hydrogen) atoms. The summed E-state index contributed by atoms with van der Waals surface area (Å²) in [5, 5.41) is 9.08. The maximum atomic E-state index is 9.08. The fourth-order valence-corrected chi connectivity index (χ4v) is 2.30. The van der Waals surface area contributed by atoms with E-state index in [-0.39, 0.29) is 5.41 Å². The van der Waals surface area contributed by atoms with E-state index in [0.29, 0.717) is 6.61 Å². The minimum Gasteiger partial charge on any atom is -0.377 e. The highest BCUT2D eigenvalue weighted by Crippen LogP contribution is 2.43. The van der Waals surface area contributed by atoms with Crippen molar-refractivity contribution in [3.8, 4) is 6.07 Å². The van der Waals surface area contributed by atoms with E-state index in [4.69, 9.17) is 10.00 Å². The molecule has 90 valence electrons. The van der Waals surface area contributed by atoms with E-state index >= 15 is 0 Å². The summed E-state index contributed by atoms with van der Waals surface area (Å²) in [6, 6.07) is 12.7. The Labute approximate surface area is 103 Å². The van der Waals surface area contributed by atoms with Gasteiger partial charge in [-0.3, -0.25) is 0 Å². The van der Waals surface area contributed by atoms with Gasteiger partial charge in [-0.05, 0) is 31.2 Å². The van der Waals surface area contributed by atoms with Crippen LogP contribution in [0.1, 0.15) is 37.7 Å². The lowest BCUT2D eigenvalue weighted by atomic mass is 9.67. The first kappa shape index (κ1) is 12.1. The minimum absolute atomic E-state index is 0.00386. The maximum absolute atomic E-state index is 9.08. The number of nitriles is 1. The smallest absolute Gasteiger partial charge is 0.0716 e. The molecule has 0 unspecified atom stereocenters. The molecule has 0 aliphatic heterocycles. The van der Waals surface area contributed by atoms with Crippen molar-refractivity contribution in [2.24, 2.45) is 5.41 Å². The van der Waals surface area contributed by atoms with Gasteiger partial charge in [0.05, 0.1) is 18.1 Å². The second kappa shape index (κ2) is 5.84. The van der Waals surface area contributed by atoms with Gasteiger partial charge in [-0.2, -0.15) is 5.26 Å².